The minimum atomic E-state index is -3.26. The number of methoxy groups -OCH3 is 1. The van der Waals surface area contributed by atoms with Gasteiger partial charge in [0.15, 0.2) is 9.84 Å². The topological polar surface area (TPSA) is 89.5 Å². The van der Waals surface area contributed by atoms with E-state index in [0.29, 0.717) is 16.8 Å². The van der Waals surface area contributed by atoms with Crippen molar-refractivity contribution >= 4 is 27.4 Å². The Kier molecular flexibility index (Phi) is 5.35. The molecule has 126 valence electrons. The highest BCUT2D eigenvalue weighted by atomic mass is 32.2. The predicted octanol–water partition coefficient (Wildman–Crippen LogP) is 2.06. The van der Waals surface area contributed by atoms with Crippen LogP contribution in [0.2, 0.25) is 0 Å². The van der Waals surface area contributed by atoms with Gasteiger partial charge in [-0.1, -0.05) is 18.2 Å². The third-order valence-corrected chi connectivity index (χ3v) is 4.41. The van der Waals surface area contributed by atoms with Crippen molar-refractivity contribution in [1.29, 1.82) is 0 Å². The van der Waals surface area contributed by atoms with Crippen molar-refractivity contribution in [2.45, 2.75) is 11.3 Å². The van der Waals surface area contributed by atoms with Gasteiger partial charge in [0, 0.05) is 11.9 Å². The van der Waals surface area contributed by atoms with E-state index >= 15 is 0 Å². The zero-order valence-corrected chi connectivity index (χ0v) is 14.1. The molecular formula is C17H17NO5S. The molecule has 0 radical (unpaired) electrons. The molecule has 0 bridgehead atoms. The lowest BCUT2D eigenvalue weighted by atomic mass is 10.1. The van der Waals surface area contributed by atoms with Gasteiger partial charge in [-0.3, -0.25) is 4.79 Å². The van der Waals surface area contributed by atoms with Crippen LogP contribution in [0.5, 0.6) is 0 Å². The normalized spacial score (nSPS) is 10.9. The van der Waals surface area contributed by atoms with Gasteiger partial charge in [0.05, 0.1) is 24.0 Å². The molecule has 24 heavy (non-hydrogen) atoms. The Labute approximate surface area is 140 Å². The van der Waals surface area contributed by atoms with E-state index in [2.05, 4.69) is 10.1 Å². The maximum atomic E-state index is 12.1. The van der Waals surface area contributed by atoms with Gasteiger partial charge in [0.25, 0.3) is 0 Å². The maximum Gasteiger partial charge on any atom is 0.337 e. The summed E-state index contributed by atoms with van der Waals surface area (Å²) in [6, 6.07) is 12.6. The van der Waals surface area contributed by atoms with Crippen LogP contribution < -0.4 is 5.32 Å². The summed E-state index contributed by atoms with van der Waals surface area (Å²) in [6.45, 7) is 0. The quantitative estimate of drug-likeness (QED) is 0.836. The zero-order chi connectivity index (χ0) is 17.7. The number of hydrogen-bond acceptors (Lipinski definition) is 5. The van der Waals surface area contributed by atoms with Crippen molar-refractivity contribution < 1.29 is 22.7 Å². The number of ether oxygens (including phenoxy) is 1. The molecule has 0 saturated heterocycles. The van der Waals surface area contributed by atoms with E-state index in [-0.39, 0.29) is 17.2 Å². The standard InChI is InChI=1S/C17H17NO5S/c1-23-17(20)13-4-3-5-14(11-13)18-16(19)10-12-6-8-15(9-7-12)24(2,21)22/h3-9,11H,10H2,1-2H3,(H,18,19). The largest absolute Gasteiger partial charge is 0.465 e. The van der Waals surface area contributed by atoms with E-state index in [0.717, 1.165) is 6.26 Å². The Balaban J connectivity index is 2.04. The van der Waals surface area contributed by atoms with Crippen molar-refractivity contribution in [2.24, 2.45) is 0 Å². The van der Waals surface area contributed by atoms with Crippen LogP contribution in [-0.4, -0.2) is 33.7 Å². The highest BCUT2D eigenvalue weighted by Crippen LogP contribution is 2.14. The molecule has 6 nitrogen and oxygen atoms in total. The molecule has 0 spiro atoms. The number of benzene rings is 2. The van der Waals surface area contributed by atoms with Gasteiger partial charge in [-0.25, -0.2) is 13.2 Å². The number of carbonyl (C=O) groups excluding carboxylic acids is 2. The van der Waals surface area contributed by atoms with Crippen molar-refractivity contribution in [2.75, 3.05) is 18.7 Å². The molecule has 7 heteroatoms. The molecule has 0 fully saturated rings. The van der Waals surface area contributed by atoms with Crippen LogP contribution in [0.1, 0.15) is 15.9 Å². The lowest BCUT2D eigenvalue weighted by Crippen LogP contribution is -2.15. The van der Waals surface area contributed by atoms with Crippen molar-refractivity contribution in [3.05, 3.63) is 59.7 Å². The molecule has 2 aromatic carbocycles. The molecule has 1 amide bonds. The summed E-state index contributed by atoms with van der Waals surface area (Å²) in [4.78, 5) is 23.7. The van der Waals surface area contributed by atoms with E-state index in [1.165, 1.54) is 25.3 Å². The number of sulfone groups is 1. The third kappa shape index (κ3) is 4.66. The molecule has 1 N–H and O–H groups in total. The first kappa shape index (κ1) is 17.7. The second-order valence-corrected chi connectivity index (χ2v) is 7.23. The first-order valence-corrected chi connectivity index (χ1v) is 8.96. The number of hydrogen-bond donors (Lipinski definition) is 1. The Morgan fingerprint density at radius 1 is 1.08 bits per heavy atom. The molecular weight excluding hydrogens is 330 g/mol. The molecule has 0 atom stereocenters. The smallest absolute Gasteiger partial charge is 0.337 e. The Morgan fingerprint density at radius 2 is 1.75 bits per heavy atom. The summed E-state index contributed by atoms with van der Waals surface area (Å²) in [5.74, 6) is -0.758. The summed E-state index contributed by atoms with van der Waals surface area (Å²) >= 11 is 0. The molecule has 0 unspecified atom stereocenters. The summed E-state index contributed by atoms with van der Waals surface area (Å²) in [6.07, 6.45) is 1.22. The van der Waals surface area contributed by atoms with Crippen LogP contribution in [0, 0.1) is 0 Å². The Bertz CT molecular complexity index is 857. The summed E-state index contributed by atoms with van der Waals surface area (Å²) in [7, 11) is -1.97. The second kappa shape index (κ2) is 7.27. The first-order valence-electron chi connectivity index (χ1n) is 7.07. The summed E-state index contributed by atoms with van der Waals surface area (Å²) in [5.41, 5.74) is 1.51. The van der Waals surface area contributed by atoms with Crippen molar-refractivity contribution in [1.82, 2.24) is 0 Å². The lowest BCUT2D eigenvalue weighted by Gasteiger charge is -2.07. The van der Waals surface area contributed by atoms with Gasteiger partial charge >= 0.3 is 5.97 Å². The van der Waals surface area contributed by atoms with Crippen LogP contribution in [0.4, 0.5) is 5.69 Å². The van der Waals surface area contributed by atoms with Crippen molar-refractivity contribution in [3.63, 3.8) is 0 Å². The van der Waals surface area contributed by atoms with Crippen LogP contribution >= 0.6 is 0 Å². The Hall–Kier alpha value is -2.67. The molecule has 0 aliphatic heterocycles. The monoisotopic (exact) mass is 347 g/mol. The van der Waals surface area contributed by atoms with Crippen molar-refractivity contribution in [3.8, 4) is 0 Å². The predicted molar refractivity (Wildman–Crippen MR) is 89.7 cm³/mol. The second-order valence-electron chi connectivity index (χ2n) is 5.21. The molecule has 2 rings (SSSR count). The summed E-state index contributed by atoms with van der Waals surface area (Å²) < 4.78 is 27.4. The third-order valence-electron chi connectivity index (χ3n) is 3.28. The van der Waals surface area contributed by atoms with Gasteiger partial charge in [-0.05, 0) is 35.9 Å². The van der Waals surface area contributed by atoms with Crippen LogP contribution in [-0.2, 0) is 25.8 Å². The Morgan fingerprint density at radius 3 is 2.33 bits per heavy atom. The number of rotatable bonds is 5. The van der Waals surface area contributed by atoms with E-state index in [1.807, 2.05) is 0 Å². The lowest BCUT2D eigenvalue weighted by molar-refractivity contribution is -0.115. The summed E-state index contributed by atoms with van der Waals surface area (Å²) in [5, 5.41) is 2.69. The molecule has 0 aliphatic carbocycles. The number of anilines is 1. The fourth-order valence-electron chi connectivity index (χ4n) is 2.09. The van der Waals surface area contributed by atoms with Gasteiger partial charge in [-0.15, -0.1) is 0 Å². The molecule has 0 heterocycles. The van der Waals surface area contributed by atoms with E-state index in [1.54, 1.807) is 30.3 Å². The average molecular weight is 347 g/mol. The van der Waals surface area contributed by atoms with Crippen LogP contribution in [0.3, 0.4) is 0 Å². The fourth-order valence-corrected chi connectivity index (χ4v) is 2.72. The number of amides is 1. The minimum Gasteiger partial charge on any atom is -0.465 e. The number of carbonyl (C=O) groups is 2. The highest BCUT2D eigenvalue weighted by molar-refractivity contribution is 7.90. The van der Waals surface area contributed by atoms with Gasteiger partial charge in [-0.2, -0.15) is 0 Å². The fraction of sp³-hybridized carbons (Fsp3) is 0.176. The zero-order valence-electron chi connectivity index (χ0n) is 13.3. The van der Waals surface area contributed by atoms with Crippen LogP contribution in [0.25, 0.3) is 0 Å². The van der Waals surface area contributed by atoms with E-state index in [9.17, 15) is 18.0 Å². The van der Waals surface area contributed by atoms with Gasteiger partial charge < -0.3 is 10.1 Å². The van der Waals surface area contributed by atoms with E-state index in [4.69, 9.17) is 0 Å². The van der Waals surface area contributed by atoms with Gasteiger partial charge in [0.1, 0.15) is 0 Å². The highest BCUT2D eigenvalue weighted by Gasteiger charge is 2.10. The first-order chi connectivity index (χ1) is 11.3. The average Bonchev–Trinajstić information content (AvgIpc) is 2.54. The van der Waals surface area contributed by atoms with Crippen LogP contribution in [0.15, 0.2) is 53.4 Å². The number of esters is 1. The molecule has 0 aromatic heterocycles. The van der Waals surface area contributed by atoms with Gasteiger partial charge in [0.2, 0.25) is 5.91 Å². The minimum absolute atomic E-state index is 0.0898. The molecule has 0 saturated carbocycles. The molecule has 0 aliphatic rings. The SMILES string of the molecule is COC(=O)c1cccc(NC(=O)Cc2ccc(S(C)(=O)=O)cc2)c1. The molecule has 2 aromatic rings. The van der Waals surface area contributed by atoms with E-state index < -0.39 is 15.8 Å². The maximum absolute atomic E-state index is 12.1. The number of nitrogens with one attached hydrogen (secondary N) is 1.